The van der Waals surface area contributed by atoms with E-state index >= 15 is 0 Å². The Morgan fingerprint density at radius 1 is 0.758 bits per heavy atom. The van der Waals surface area contributed by atoms with Crippen molar-refractivity contribution in [3.8, 4) is 11.1 Å². The zero-order chi connectivity index (χ0) is 22.6. The van der Waals surface area contributed by atoms with Crippen LogP contribution < -0.4 is 0 Å². The maximum absolute atomic E-state index is 14.0. The van der Waals surface area contributed by atoms with Crippen LogP contribution in [0.5, 0.6) is 0 Å². The fraction of sp³-hybridized carbons (Fsp3) is 0.250. The minimum absolute atomic E-state index is 0.176. The molecule has 0 saturated heterocycles. The topological polar surface area (TPSA) is 0 Å². The van der Waals surface area contributed by atoms with Crippen LogP contribution in [0.2, 0.25) is 0 Å². The van der Waals surface area contributed by atoms with E-state index in [9.17, 15) is 4.39 Å². The van der Waals surface area contributed by atoms with Gasteiger partial charge < -0.3 is 0 Å². The van der Waals surface area contributed by atoms with Crippen molar-refractivity contribution in [1.29, 1.82) is 0 Å². The molecule has 2 aliphatic carbocycles. The molecule has 0 bridgehead atoms. The summed E-state index contributed by atoms with van der Waals surface area (Å²) in [6.45, 7) is 4.61. The molecule has 33 heavy (non-hydrogen) atoms. The molecule has 0 aromatic heterocycles. The van der Waals surface area contributed by atoms with Crippen molar-refractivity contribution in [2.75, 3.05) is 0 Å². The van der Waals surface area contributed by atoms with Crippen LogP contribution >= 0.6 is 0 Å². The molecule has 0 heterocycles. The molecule has 4 aromatic carbocycles. The van der Waals surface area contributed by atoms with Crippen LogP contribution in [0.4, 0.5) is 4.39 Å². The number of hydrogen-bond donors (Lipinski definition) is 0. The van der Waals surface area contributed by atoms with Crippen LogP contribution in [0.1, 0.15) is 64.6 Å². The van der Waals surface area contributed by atoms with E-state index in [-0.39, 0.29) is 11.2 Å². The van der Waals surface area contributed by atoms with Crippen molar-refractivity contribution in [3.63, 3.8) is 0 Å². The van der Waals surface area contributed by atoms with Gasteiger partial charge in [-0.2, -0.15) is 0 Å². The lowest BCUT2D eigenvalue weighted by molar-refractivity contribution is 0.452. The van der Waals surface area contributed by atoms with Crippen LogP contribution in [0.3, 0.4) is 0 Å². The van der Waals surface area contributed by atoms with Crippen LogP contribution in [-0.4, -0.2) is 0 Å². The Morgan fingerprint density at radius 3 is 2.33 bits per heavy atom. The monoisotopic (exact) mass is 432 g/mol. The largest absolute Gasteiger partial charge is 0.207 e. The average molecular weight is 433 g/mol. The van der Waals surface area contributed by atoms with Crippen molar-refractivity contribution < 1.29 is 4.39 Å². The van der Waals surface area contributed by atoms with E-state index in [1.165, 1.54) is 50.1 Å². The normalized spacial score (nSPS) is 21.1. The molecule has 1 heteroatoms. The van der Waals surface area contributed by atoms with Crippen LogP contribution in [0, 0.1) is 12.7 Å². The molecule has 0 radical (unpaired) electrons. The maximum Gasteiger partial charge on any atom is 0.123 e. The van der Waals surface area contributed by atoms with Crippen LogP contribution in [0.15, 0.2) is 84.9 Å². The Hall–Kier alpha value is -3.19. The summed E-state index contributed by atoms with van der Waals surface area (Å²) in [5.41, 5.74) is 12.3. The van der Waals surface area contributed by atoms with Gasteiger partial charge in [0.05, 0.1) is 0 Å². The van der Waals surface area contributed by atoms with E-state index < -0.39 is 0 Å². The molecule has 0 nitrogen and oxygen atoms in total. The molecular formula is C32H29F. The lowest BCUT2D eigenvalue weighted by atomic mass is 9.58. The Balaban J connectivity index is 1.67. The van der Waals surface area contributed by atoms with Gasteiger partial charge in [0.1, 0.15) is 5.82 Å². The molecule has 2 atom stereocenters. The Morgan fingerprint density at radius 2 is 1.52 bits per heavy atom. The van der Waals surface area contributed by atoms with Crippen LogP contribution in [-0.2, 0) is 18.3 Å². The summed E-state index contributed by atoms with van der Waals surface area (Å²) < 4.78 is 14.0. The number of aryl methyl sites for hydroxylation is 2. The van der Waals surface area contributed by atoms with E-state index in [1.54, 1.807) is 12.1 Å². The highest BCUT2D eigenvalue weighted by molar-refractivity contribution is 5.76. The number of rotatable bonds is 2. The summed E-state index contributed by atoms with van der Waals surface area (Å²) in [5, 5.41) is 0. The maximum atomic E-state index is 14.0. The zero-order valence-corrected chi connectivity index (χ0v) is 19.4. The second kappa shape index (κ2) is 7.70. The number of hydrogen-bond acceptors (Lipinski definition) is 0. The summed E-state index contributed by atoms with van der Waals surface area (Å²) in [6.07, 6.45) is 4.34. The zero-order valence-electron chi connectivity index (χ0n) is 19.4. The van der Waals surface area contributed by atoms with E-state index in [0.29, 0.717) is 5.92 Å². The summed E-state index contributed by atoms with van der Waals surface area (Å²) in [6, 6.07) is 29.7. The first-order valence-electron chi connectivity index (χ1n) is 12.2. The highest BCUT2D eigenvalue weighted by atomic mass is 19.1. The van der Waals surface area contributed by atoms with Crippen LogP contribution in [0.25, 0.3) is 11.1 Å². The van der Waals surface area contributed by atoms with Gasteiger partial charge in [0.15, 0.2) is 0 Å². The van der Waals surface area contributed by atoms with E-state index in [2.05, 4.69) is 74.5 Å². The number of benzene rings is 4. The van der Waals surface area contributed by atoms with E-state index in [4.69, 9.17) is 0 Å². The van der Waals surface area contributed by atoms with E-state index in [0.717, 1.165) is 25.7 Å². The highest BCUT2D eigenvalue weighted by Gasteiger charge is 2.44. The fourth-order valence-corrected chi connectivity index (χ4v) is 6.62. The predicted molar refractivity (Wildman–Crippen MR) is 134 cm³/mol. The van der Waals surface area contributed by atoms with Gasteiger partial charge in [0.2, 0.25) is 0 Å². The molecule has 0 amide bonds. The summed E-state index contributed by atoms with van der Waals surface area (Å²) >= 11 is 0. The van der Waals surface area contributed by atoms with Crippen molar-refractivity contribution in [2.45, 2.75) is 50.9 Å². The van der Waals surface area contributed by atoms with E-state index in [1.807, 2.05) is 12.1 Å². The first-order chi connectivity index (χ1) is 16.1. The first-order valence-corrected chi connectivity index (χ1v) is 12.2. The molecule has 0 N–H and O–H groups in total. The van der Waals surface area contributed by atoms with Gasteiger partial charge in [-0.15, -0.1) is 0 Å². The smallest absolute Gasteiger partial charge is 0.123 e. The lowest BCUT2D eigenvalue weighted by Crippen LogP contribution is -2.36. The minimum atomic E-state index is -0.257. The van der Waals surface area contributed by atoms with Gasteiger partial charge in [0, 0.05) is 5.41 Å². The molecule has 0 fully saturated rings. The molecule has 4 aromatic rings. The number of fused-ring (bicyclic) bond motifs is 5. The standard InChI is InChI=1S/C32H29F/c1-21-7-3-6-10-29(21)32(24-12-14-25(33)15-13-24)20-19-22(2)31-28-16-11-23-8-4-5-9-26(23)27(28)17-18-30(31)32/h3-10,12-15,17-18,22H,11,16,19-20H2,1-2H3. The molecule has 6 rings (SSSR count). The van der Waals surface area contributed by atoms with Gasteiger partial charge in [-0.25, -0.2) is 4.39 Å². The molecule has 2 aliphatic rings. The third kappa shape index (κ3) is 3.02. The highest BCUT2D eigenvalue weighted by Crippen LogP contribution is 2.54. The lowest BCUT2D eigenvalue weighted by Gasteiger charge is -2.45. The summed E-state index contributed by atoms with van der Waals surface area (Å²) in [4.78, 5) is 0. The molecule has 164 valence electrons. The van der Waals surface area contributed by atoms with Crippen molar-refractivity contribution >= 4 is 0 Å². The van der Waals surface area contributed by atoms with Gasteiger partial charge >= 0.3 is 0 Å². The second-order valence-corrected chi connectivity index (χ2v) is 9.88. The molecule has 0 spiro atoms. The summed E-state index contributed by atoms with van der Waals surface area (Å²) in [7, 11) is 0. The summed E-state index contributed by atoms with van der Waals surface area (Å²) in [5.74, 6) is 0.336. The molecule has 2 unspecified atom stereocenters. The molecule has 0 aliphatic heterocycles. The van der Waals surface area contributed by atoms with Gasteiger partial charge in [-0.1, -0.05) is 79.7 Å². The Labute approximate surface area is 196 Å². The first kappa shape index (κ1) is 20.4. The number of halogens is 1. The van der Waals surface area contributed by atoms with Gasteiger partial charge in [0.25, 0.3) is 0 Å². The van der Waals surface area contributed by atoms with Crippen molar-refractivity contribution in [3.05, 3.63) is 130 Å². The van der Waals surface area contributed by atoms with Gasteiger partial charge in [-0.05, 0) is 101 Å². The Bertz CT molecular complexity index is 1350. The fourth-order valence-electron chi connectivity index (χ4n) is 6.62. The SMILES string of the molecule is Cc1ccccc1C1(c2ccc(F)cc2)CCC(C)c2c1ccc1c2CCc2ccccc2-1. The Kier molecular flexibility index (Phi) is 4.76. The average Bonchev–Trinajstić information content (AvgIpc) is 2.85. The predicted octanol–water partition coefficient (Wildman–Crippen LogP) is 8.13. The molecular weight excluding hydrogens is 403 g/mol. The third-order valence-electron chi connectivity index (χ3n) is 8.16. The van der Waals surface area contributed by atoms with Gasteiger partial charge in [-0.3, -0.25) is 0 Å². The quantitative estimate of drug-likeness (QED) is 0.300. The van der Waals surface area contributed by atoms with Crippen molar-refractivity contribution in [2.24, 2.45) is 0 Å². The second-order valence-electron chi connectivity index (χ2n) is 9.88. The third-order valence-corrected chi connectivity index (χ3v) is 8.16. The minimum Gasteiger partial charge on any atom is -0.207 e. The molecule has 0 saturated carbocycles. The van der Waals surface area contributed by atoms with Crippen molar-refractivity contribution in [1.82, 2.24) is 0 Å².